The lowest BCUT2D eigenvalue weighted by atomic mass is 10.1. The number of nitrogens with zero attached hydrogens (tertiary/aromatic N) is 1. The maximum absolute atomic E-state index is 12.5. The Morgan fingerprint density at radius 1 is 1.31 bits per heavy atom. The lowest BCUT2D eigenvalue weighted by Gasteiger charge is -2.26. The summed E-state index contributed by atoms with van der Waals surface area (Å²) in [5.74, 6) is -1.07. The van der Waals surface area contributed by atoms with Crippen molar-refractivity contribution in [2.45, 2.75) is 32.4 Å². The molecule has 1 aliphatic heterocycles. The maximum Gasteiger partial charge on any atom is 0.375 e. The van der Waals surface area contributed by atoms with Crippen molar-refractivity contribution in [3.05, 3.63) is 35.6 Å². The summed E-state index contributed by atoms with van der Waals surface area (Å²) in [5.41, 5.74) is 1.23. The van der Waals surface area contributed by atoms with Crippen LogP contribution in [0, 0.1) is 6.92 Å². The van der Waals surface area contributed by atoms with E-state index in [1.807, 2.05) is 12.1 Å². The van der Waals surface area contributed by atoms with Gasteiger partial charge in [0.1, 0.15) is 5.58 Å². The van der Waals surface area contributed by atoms with E-state index in [-0.39, 0.29) is 23.3 Å². The van der Waals surface area contributed by atoms with Crippen molar-refractivity contribution in [3.63, 3.8) is 0 Å². The molecular formula is C18H21NO6S. The van der Waals surface area contributed by atoms with Crippen molar-refractivity contribution < 1.29 is 27.2 Å². The minimum Gasteiger partial charge on any atom is -0.449 e. The molecule has 0 N–H and O–H groups in total. The summed E-state index contributed by atoms with van der Waals surface area (Å²) >= 11 is 0. The van der Waals surface area contributed by atoms with E-state index in [1.54, 1.807) is 19.1 Å². The lowest BCUT2D eigenvalue weighted by Crippen LogP contribution is -2.44. The Morgan fingerprint density at radius 2 is 2.00 bits per heavy atom. The van der Waals surface area contributed by atoms with Crippen molar-refractivity contribution in [2.24, 2.45) is 0 Å². The van der Waals surface area contributed by atoms with Crippen molar-refractivity contribution in [1.29, 1.82) is 0 Å². The first-order chi connectivity index (χ1) is 12.2. The van der Waals surface area contributed by atoms with Gasteiger partial charge in [-0.2, -0.15) is 0 Å². The third-order valence-electron chi connectivity index (χ3n) is 4.76. The Hall–Kier alpha value is -2.35. The molecule has 0 unspecified atom stereocenters. The number of amides is 1. The molecule has 0 aliphatic carbocycles. The van der Waals surface area contributed by atoms with E-state index < -0.39 is 27.8 Å². The van der Waals surface area contributed by atoms with Gasteiger partial charge in [-0.1, -0.05) is 18.2 Å². The van der Waals surface area contributed by atoms with Crippen LogP contribution in [0.25, 0.3) is 11.0 Å². The molecule has 1 amide bonds. The number of esters is 1. The molecule has 3 rings (SSSR count). The number of benzene rings is 1. The molecule has 0 spiro atoms. The van der Waals surface area contributed by atoms with Gasteiger partial charge in [0, 0.05) is 24.0 Å². The fourth-order valence-corrected chi connectivity index (χ4v) is 4.96. The van der Waals surface area contributed by atoms with Gasteiger partial charge < -0.3 is 14.1 Å². The van der Waals surface area contributed by atoms with E-state index in [0.29, 0.717) is 17.6 Å². The first kappa shape index (κ1) is 18.4. The molecule has 0 radical (unpaired) electrons. The van der Waals surface area contributed by atoms with E-state index in [4.69, 9.17) is 9.15 Å². The average molecular weight is 379 g/mol. The monoisotopic (exact) mass is 379 g/mol. The highest BCUT2D eigenvalue weighted by Gasteiger charge is 2.35. The number of hydrogen-bond donors (Lipinski definition) is 0. The highest BCUT2D eigenvalue weighted by Crippen LogP contribution is 2.26. The molecule has 1 fully saturated rings. The first-order valence-electron chi connectivity index (χ1n) is 8.36. The lowest BCUT2D eigenvalue weighted by molar-refractivity contribution is -0.140. The second-order valence-corrected chi connectivity index (χ2v) is 8.83. The third-order valence-corrected chi connectivity index (χ3v) is 6.51. The fourth-order valence-electron chi connectivity index (χ4n) is 3.18. The summed E-state index contributed by atoms with van der Waals surface area (Å²) in [6, 6.07) is 6.85. The number of fused-ring (bicyclic) bond motifs is 1. The highest BCUT2D eigenvalue weighted by atomic mass is 32.2. The van der Waals surface area contributed by atoms with Gasteiger partial charge in [-0.05, 0) is 26.3 Å². The molecule has 26 heavy (non-hydrogen) atoms. The molecule has 1 aromatic carbocycles. The van der Waals surface area contributed by atoms with Gasteiger partial charge in [0.15, 0.2) is 15.9 Å². The number of carbonyl (C=O) groups excluding carboxylic acids is 2. The van der Waals surface area contributed by atoms with E-state index in [2.05, 4.69) is 0 Å². The van der Waals surface area contributed by atoms with E-state index >= 15 is 0 Å². The predicted molar refractivity (Wildman–Crippen MR) is 95.7 cm³/mol. The Bertz CT molecular complexity index is 961. The van der Waals surface area contributed by atoms with Crippen LogP contribution >= 0.6 is 0 Å². The SMILES string of the molecule is Cc1c(C(=O)O[C@@H](C)C(=O)N(C)[C@H]2CCS(=O)(=O)C2)oc2ccccc12. The average Bonchev–Trinajstić information content (AvgIpc) is 3.13. The Kier molecular flexibility index (Phi) is 4.79. The number of ether oxygens (including phenoxy) is 1. The second kappa shape index (κ2) is 6.75. The summed E-state index contributed by atoms with van der Waals surface area (Å²) in [4.78, 5) is 26.3. The van der Waals surface area contributed by atoms with Crippen molar-refractivity contribution in [1.82, 2.24) is 4.90 Å². The zero-order valence-electron chi connectivity index (χ0n) is 14.9. The van der Waals surface area contributed by atoms with Crippen molar-refractivity contribution in [2.75, 3.05) is 18.6 Å². The van der Waals surface area contributed by atoms with E-state index in [0.717, 1.165) is 5.39 Å². The quantitative estimate of drug-likeness (QED) is 0.754. The van der Waals surface area contributed by atoms with Crippen LogP contribution in [0.5, 0.6) is 0 Å². The Balaban J connectivity index is 1.70. The van der Waals surface area contributed by atoms with Gasteiger partial charge in [-0.15, -0.1) is 0 Å². The van der Waals surface area contributed by atoms with Gasteiger partial charge in [-0.25, -0.2) is 13.2 Å². The number of likely N-dealkylation sites (N-methyl/N-ethyl adjacent to an activating group) is 1. The van der Waals surface area contributed by atoms with Crippen molar-refractivity contribution in [3.8, 4) is 0 Å². The molecule has 0 bridgehead atoms. The molecule has 8 heteroatoms. The smallest absolute Gasteiger partial charge is 0.375 e. The van der Waals surface area contributed by atoms with Crippen LogP contribution in [0.1, 0.15) is 29.5 Å². The summed E-state index contributed by atoms with van der Waals surface area (Å²) in [6.07, 6.45) is -0.642. The van der Waals surface area contributed by atoms with Gasteiger partial charge in [-0.3, -0.25) is 4.79 Å². The number of para-hydroxylation sites is 1. The zero-order chi connectivity index (χ0) is 19.1. The molecule has 2 atom stereocenters. The number of sulfone groups is 1. The van der Waals surface area contributed by atoms with E-state index in [9.17, 15) is 18.0 Å². The van der Waals surface area contributed by atoms with E-state index in [1.165, 1.54) is 18.9 Å². The number of aryl methyl sites for hydroxylation is 1. The van der Waals surface area contributed by atoms with Crippen LogP contribution in [-0.4, -0.2) is 55.9 Å². The number of hydrogen-bond acceptors (Lipinski definition) is 6. The Morgan fingerprint density at radius 3 is 2.62 bits per heavy atom. The van der Waals surface area contributed by atoms with Crippen molar-refractivity contribution >= 4 is 32.7 Å². The standard InChI is InChI=1S/C18H21NO6S/c1-11-14-6-4-5-7-15(14)25-16(11)18(21)24-12(2)17(20)19(3)13-8-9-26(22,23)10-13/h4-7,12-13H,8-10H2,1-3H3/t12-,13-/m0/s1. The van der Waals surface area contributed by atoms with Crippen LogP contribution < -0.4 is 0 Å². The molecule has 2 heterocycles. The maximum atomic E-state index is 12.5. The molecule has 1 aromatic heterocycles. The zero-order valence-corrected chi connectivity index (χ0v) is 15.7. The summed E-state index contributed by atoms with van der Waals surface area (Å²) < 4.78 is 34.0. The number of carbonyl (C=O) groups is 2. The van der Waals surface area contributed by atoms with Crippen LogP contribution in [0.4, 0.5) is 0 Å². The summed E-state index contributed by atoms with van der Waals surface area (Å²) in [6.45, 7) is 3.22. The fraction of sp³-hybridized carbons (Fsp3) is 0.444. The van der Waals surface area contributed by atoms with Crippen LogP contribution in [0.15, 0.2) is 28.7 Å². The molecule has 140 valence electrons. The minimum absolute atomic E-state index is 0.0570. The van der Waals surface area contributed by atoms with Gasteiger partial charge in [0.25, 0.3) is 5.91 Å². The number of rotatable bonds is 4. The third kappa shape index (κ3) is 3.46. The summed E-state index contributed by atoms with van der Waals surface area (Å²) in [7, 11) is -1.57. The molecule has 1 saturated heterocycles. The molecule has 7 nitrogen and oxygen atoms in total. The number of furan rings is 1. The topological polar surface area (TPSA) is 93.9 Å². The largest absolute Gasteiger partial charge is 0.449 e. The predicted octanol–water partition coefficient (Wildman–Crippen LogP) is 1.93. The highest BCUT2D eigenvalue weighted by molar-refractivity contribution is 7.91. The second-order valence-electron chi connectivity index (χ2n) is 6.61. The van der Waals surface area contributed by atoms with Gasteiger partial charge in [0.05, 0.1) is 11.5 Å². The van der Waals surface area contributed by atoms with Gasteiger partial charge in [0.2, 0.25) is 5.76 Å². The minimum atomic E-state index is -3.10. The van der Waals surface area contributed by atoms with Crippen LogP contribution in [-0.2, 0) is 19.4 Å². The summed E-state index contributed by atoms with van der Waals surface area (Å²) in [5, 5.41) is 0.812. The molecular weight excluding hydrogens is 358 g/mol. The normalized spacial score (nSPS) is 20.0. The molecule has 1 aliphatic rings. The van der Waals surface area contributed by atoms with Gasteiger partial charge >= 0.3 is 5.97 Å². The molecule has 0 saturated carbocycles. The first-order valence-corrected chi connectivity index (χ1v) is 10.2. The van der Waals surface area contributed by atoms with Crippen LogP contribution in [0.3, 0.4) is 0 Å². The van der Waals surface area contributed by atoms with Crippen LogP contribution in [0.2, 0.25) is 0 Å². The Labute approximate surface area is 151 Å². The molecule has 2 aromatic rings.